The maximum absolute atomic E-state index is 12.8. The van der Waals surface area contributed by atoms with Gasteiger partial charge in [0, 0.05) is 23.1 Å². The zero-order valence-electron chi connectivity index (χ0n) is 15.3. The minimum atomic E-state index is -3.60. The van der Waals surface area contributed by atoms with Crippen LogP contribution in [0.2, 0.25) is 5.02 Å². The van der Waals surface area contributed by atoms with E-state index >= 15 is 0 Å². The van der Waals surface area contributed by atoms with Crippen LogP contribution in [0.3, 0.4) is 0 Å². The van der Waals surface area contributed by atoms with Gasteiger partial charge in [-0.05, 0) is 60.6 Å². The minimum absolute atomic E-state index is 0.238. The van der Waals surface area contributed by atoms with Gasteiger partial charge in [-0.3, -0.25) is 0 Å². The van der Waals surface area contributed by atoms with E-state index in [1.807, 2.05) is 30.3 Å². The highest BCUT2D eigenvalue weighted by Crippen LogP contribution is 2.31. The van der Waals surface area contributed by atoms with Gasteiger partial charge in [0.2, 0.25) is 10.0 Å². The van der Waals surface area contributed by atoms with Crippen LogP contribution in [0.5, 0.6) is 5.75 Å². The second kappa shape index (κ2) is 9.32. The van der Waals surface area contributed by atoms with E-state index in [4.69, 9.17) is 16.3 Å². The van der Waals surface area contributed by atoms with Gasteiger partial charge in [-0.1, -0.05) is 29.8 Å². The van der Waals surface area contributed by atoms with E-state index in [1.165, 1.54) is 12.7 Å². The Labute approximate surface area is 170 Å². The SMILES string of the molecule is COc1cc2c(cc1S(=O)(=O)NCCSCc1ccccc1Cl)CCCC2. The second-order valence-electron chi connectivity index (χ2n) is 6.52. The Morgan fingerprint density at radius 1 is 1.15 bits per heavy atom. The summed E-state index contributed by atoms with van der Waals surface area (Å²) in [6, 6.07) is 11.4. The van der Waals surface area contributed by atoms with Gasteiger partial charge in [0.25, 0.3) is 0 Å². The van der Waals surface area contributed by atoms with E-state index in [2.05, 4.69) is 4.72 Å². The predicted molar refractivity (Wildman–Crippen MR) is 112 cm³/mol. The summed E-state index contributed by atoms with van der Waals surface area (Å²) in [5, 5.41) is 0.740. The molecule has 0 aromatic heterocycles. The molecule has 0 bridgehead atoms. The quantitative estimate of drug-likeness (QED) is 0.635. The molecule has 0 unspecified atom stereocenters. The average molecular weight is 426 g/mol. The third-order valence-electron chi connectivity index (χ3n) is 4.67. The van der Waals surface area contributed by atoms with Crippen molar-refractivity contribution in [2.75, 3.05) is 19.4 Å². The largest absolute Gasteiger partial charge is 0.495 e. The normalized spacial score (nSPS) is 14.0. The lowest BCUT2D eigenvalue weighted by Gasteiger charge is -2.19. The molecule has 0 atom stereocenters. The van der Waals surface area contributed by atoms with Crippen LogP contribution in [0.1, 0.15) is 29.5 Å². The first-order valence-electron chi connectivity index (χ1n) is 9.02. The highest BCUT2D eigenvalue weighted by molar-refractivity contribution is 7.98. The van der Waals surface area contributed by atoms with Crippen molar-refractivity contribution in [1.29, 1.82) is 0 Å². The van der Waals surface area contributed by atoms with E-state index in [0.717, 1.165) is 47.6 Å². The maximum atomic E-state index is 12.8. The molecule has 3 rings (SSSR count). The molecule has 0 saturated heterocycles. The first kappa shape index (κ1) is 20.5. The molecule has 0 amide bonds. The maximum Gasteiger partial charge on any atom is 0.244 e. The van der Waals surface area contributed by atoms with Crippen molar-refractivity contribution in [2.24, 2.45) is 0 Å². The van der Waals surface area contributed by atoms with E-state index < -0.39 is 10.0 Å². The van der Waals surface area contributed by atoms with Crippen molar-refractivity contribution >= 4 is 33.4 Å². The van der Waals surface area contributed by atoms with Crippen LogP contribution in [0.4, 0.5) is 0 Å². The molecule has 2 aromatic carbocycles. The average Bonchev–Trinajstić information content (AvgIpc) is 2.68. The number of thioether (sulfide) groups is 1. The number of aryl methyl sites for hydroxylation is 2. The Kier molecular flexibility index (Phi) is 7.09. The van der Waals surface area contributed by atoms with Crippen LogP contribution in [0.25, 0.3) is 0 Å². The molecule has 0 saturated carbocycles. The molecule has 2 aromatic rings. The summed E-state index contributed by atoms with van der Waals surface area (Å²) in [5.41, 5.74) is 3.38. The number of methoxy groups -OCH3 is 1. The molecule has 1 N–H and O–H groups in total. The fraction of sp³-hybridized carbons (Fsp3) is 0.400. The Bertz CT molecular complexity index is 900. The Morgan fingerprint density at radius 3 is 2.56 bits per heavy atom. The van der Waals surface area contributed by atoms with Gasteiger partial charge in [0.1, 0.15) is 10.6 Å². The number of rotatable bonds is 8. The molecule has 146 valence electrons. The summed E-state index contributed by atoms with van der Waals surface area (Å²) in [6.07, 6.45) is 4.15. The summed E-state index contributed by atoms with van der Waals surface area (Å²) in [5.74, 6) is 1.84. The zero-order valence-corrected chi connectivity index (χ0v) is 17.7. The standard InChI is InChI=1S/C20H24ClNO3S2/c1-25-19-12-15-6-2-3-7-16(15)13-20(19)27(23,24)22-10-11-26-14-17-8-4-5-9-18(17)21/h4-5,8-9,12-13,22H,2-3,6-7,10-11,14H2,1H3. The summed E-state index contributed by atoms with van der Waals surface area (Å²) in [7, 11) is -2.09. The summed E-state index contributed by atoms with van der Waals surface area (Å²) >= 11 is 7.79. The molecule has 7 heteroatoms. The number of fused-ring (bicyclic) bond motifs is 1. The fourth-order valence-electron chi connectivity index (χ4n) is 3.23. The van der Waals surface area contributed by atoms with Gasteiger partial charge < -0.3 is 4.74 Å². The highest BCUT2D eigenvalue weighted by atomic mass is 35.5. The van der Waals surface area contributed by atoms with Crippen molar-refractivity contribution in [3.05, 3.63) is 58.1 Å². The Balaban J connectivity index is 1.60. The van der Waals surface area contributed by atoms with Crippen LogP contribution in [0, 0.1) is 0 Å². The van der Waals surface area contributed by atoms with E-state index in [9.17, 15) is 8.42 Å². The zero-order chi connectivity index (χ0) is 19.3. The van der Waals surface area contributed by atoms with Crippen molar-refractivity contribution < 1.29 is 13.2 Å². The fourth-order valence-corrected chi connectivity index (χ4v) is 5.74. The molecule has 0 radical (unpaired) electrons. The van der Waals surface area contributed by atoms with Gasteiger partial charge in [-0.2, -0.15) is 11.8 Å². The Hall–Kier alpha value is -1.21. The molecule has 0 aliphatic heterocycles. The van der Waals surface area contributed by atoms with Gasteiger partial charge in [0.15, 0.2) is 0 Å². The molecule has 4 nitrogen and oxygen atoms in total. The van der Waals surface area contributed by atoms with Crippen LogP contribution >= 0.6 is 23.4 Å². The number of halogens is 1. The first-order valence-corrected chi connectivity index (χ1v) is 12.0. The molecule has 0 fully saturated rings. The van der Waals surface area contributed by atoms with Crippen LogP contribution in [-0.2, 0) is 28.6 Å². The minimum Gasteiger partial charge on any atom is -0.495 e. The summed E-state index contributed by atoms with van der Waals surface area (Å²) < 4.78 is 33.6. The summed E-state index contributed by atoms with van der Waals surface area (Å²) in [4.78, 5) is 0.238. The van der Waals surface area contributed by atoms with E-state index in [0.29, 0.717) is 18.0 Å². The van der Waals surface area contributed by atoms with Crippen molar-refractivity contribution in [2.45, 2.75) is 36.3 Å². The molecule has 27 heavy (non-hydrogen) atoms. The van der Waals surface area contributed by atoms with Gasteiger partial charge >= 0.3 is 0 Å². The molecule has 0 spiro atoms. The second-order valence-corrected chi connectivity index (χ2v) is 9.77. The topological polar surface area (TPSA) is 55.4 Å². The lowest BCUT2D eigenvalue weighted by atomic mass is 9.92. The molecular formula is C20H24ClNO3S2. The summed E-state index contributed by atoms with van der Waals surface area (Å²) in [6.45, 7) is 0.359. The third kappa shape index (κ3) is 5.19. The number of ether oxygens (including phenoxy) is 1. The van der Waals surface area contributed by atoms with E-state index in [1.54, 1.807) is 17.8 Å². The van der Waals surface area contributed by atoms with E-state index in [-0.39, 0.29) is 4.90 Å². The first-order chi connectivity index (χ1) is 13.0. The third-order valence-corrected chi connectivity index (χ3v) is 7.53. The van der Waals surface area contributed by atoms with Crippen LogP contribution < -0.4 is 9.46 Å². The smallest absolute Gasteiger partial charge is 0.244 e. The van der Waals surface area contributed by atoms with Crippen LogP contribution in [-0.4, -0.2) is 27.8 Å². The molecular weight excluding hydrogens is 402 g/mol. The monoisotopic (exact) mass is 425 g/mol. The van der Waals surface area contributed by atoms with Crippen molar-refractivity contribution in [3.63, 3.8) is 0 Å². The van der Waals surface area contributed by atoms with Crippen molar-refractivity contribution in [1.82, 2.24) is 4.72 Å². The number of hydrogen-bond donors (Lipinski definition) is 1. The number of benzene rings is 2. The molecule has 1 aliphatic rings. The lowest BCUT2D eigenvalue weighted by Crippen LogP contribution is -2.27. The number of hydrogen-bond acceptors (Lipinski definition) is 4. The van der Waals surface area contributed by atoms with Gasteiger partial charge in [0.05, 0.1) is 7.11 Å². The lowest BCUT2D eigenvalue weighted by molar-refractivity contribution is 0.401. The van der Waals surface area contributed by atoms with Gasteiger partial charge in [-0.25, -0.2) is 13.1 Å². The Morgan fingerprint density at radius 2 is 1.85 bits per heavy atom. The molecule has 1 aliphatic carbocycles. The van der Waals surface area contributed by atoms with Gasteiger partial charge in [-0.15, -0.1) is 0 Å². The van der Waals surface area contributed by atoms with Crippen molar-refractivity contribution in [3.8, 4) is 5.75 Å². The molecule has 0 heterocycles. The highest BCUT2D eigenvalue weighted by Gasteiger charge is 2.22. The van der Waals surface area contributed by atoms with Crippen LogP contribution in [0.15, 0.2) is 41.3 Å². The number of sulfonamides is 1. The number of nitrogens with one attached hydrogen (secondary N) is 1. The predicted octanol–water partition coefficient (Wildman–Crippen LogP) is 4.44.